The van der Waals surface area contributed by atoms with Gasteiger partial charge in [-0.05, 0) is 37.1 Å². The zero-order valence-corrected chi connectivity index (χ0v) is 17.9. The van der Waals surface area contributed by atoms with Crippen LogP contribution in [0.2, 0.25) is 10.0 Å². The van der Waals surface area contributed by atoms with Gasteiger partial charge in [0, 0.05) is 18.8 Å². The molecule has 2 heterocycles. The number of nitrogens with one attached hydrogen (secondary N) is 1. The van der Waals surface area contributed by atoms with Gasteiger partial charge in [0.05, 0.1) is 10.6 Å². The second kappa shape index (κ2) is 9.83. The van der Waals surface area contributed by atoms with E-state index >= 15 is 0 Å². The third kappa shape index (κ3) is 5.95. The van der Waals surface area contributed by atoms with E-state index in [1.54, 1.807) is 18.2 Å². The summed E-state index contributed by atoms with van der Waals surface area (Å²) in [4.78, 5) is 11.3. The van der Waals surface area contributed by atoms with Crippen LogP contribution >= 0.6 is 23.2 Å². The van der Waals surface area contributed by atoms with Crippen molar-refractivity contribution >= 4 is 29.0 Å². The fraction of sp³-hybridized carbons (Fsp3) is 0.250. The molecule has 0 aliphatic carbocycles. The minimum atomic E-state index is -4.49. The number of nitrogens with zero attached hydrogens (tertiary/aromatic N) is 3. The van der Waals surface area contributed by atoms with Crippen molar-refractivity contribution in [3.63, 3.8) is 0 Å². The lowest BCUT2D eigenvalue weighted by Gasteiger charge is -2.12. The molecule has 0 unspecified atom stereocenters. The molecule has 0 amide bonds. The van der Waals surface area contributed by atoms with E-state index in [0.717, 1.165) is 17.7 Å². The second-order valence-corrected chi connectivity index (χ2v) is 7.33. The monoisotopic (exact) mass is 492 g/mol. The number of aryl methyl sites for hydroxylation is 1. The van der Waals surface area contributed by atoms with Gasteiger partial charge in [0.15, 0.2) is 0 Å². The summed E-state index contributed by atoms with van der Waals surface area (Å²) < 4.78 is 69.3. The van der Waals surface area contributed by atoms with Gasteiger partial charge in [0.25, 0.3) is 6.43 Å². The fourth-order valence-electron chi connectivity index (χ4n) is 2.67. The Kier molecular flexibility index (Phi) is 7.35. The van der Waals surface area contributed by atoms with Crippen LogP contribution in [0.3, 0.4) is 0 Å². The van der Waals surface area contributed by atoms with Crippen LogP contribution in [0.5, 0.6) is 11.6 Å². The van der Waals surface area contributed by atoms with E-state index in [1.807, 2.05) is 0 Å². The highest BCUT2D eigenvalue weighted by atomic mass is 35.5. The maximum absolute atomic E-state index is 13.0. The van der Waals surface area contributed by atoms with Crippen molar-refractivity contribution in [1.29, 1.82) is 0 Å². The summed E-state index contributed by atoms with van der Waals surface area (Å²) in [6, 6.07) is 6.81. The second-order valence-electron chi connectivity index (χ2n) is 6.55. The zero-order valence-electron chi connectivity index (χ0n) is 16.4. The van der Waals surface area contributed by atoms with Gasteiger partial charge in [-0.25, -0.2) is 23.7 Å². The van der Waals surface area contributed by atoms with Crippen LogP contribution in [0.25, 0.3) is 0 Å². The van der Waals surface area contributed by atoms with Crippen molar-refractivity contribution < 1.29 is 26.7 Å². The highest BCUT2D eigenvalue weighted by Gasteiger charge is 2.30. The van der Waals surface area contributed by atoms with E-state index in [0.29, 0.717) is 19.2 Å². The smallest absolute Gasteiger partial charge is 0.417 e. The van der Waals surface area contributed by atoms with Gasteiger partial charge >= 0.3 is 6.18 Å². The highest BCUT2D eigenvalue weighted by molar-refractivity contribution is 6.33. The molecule has 32 heavy (non-hydrogen) atoms. The van der Waals surface area contributed by atoms with Gasteiger partial charge in [-0.15, -0.1) is 0 Å². The third-order valence-electron chi connectivity index (χ3n) is 4.18. The summed E-state index contributed by atoms with van der Waals surface area (Å²) in [5.41, 5.74) is -0.646. The number of alkyl halides is 5. The first kappa shape index (κ1) is 23.9. The number of ether oxygens (including phenoxy) is 1. The number of pyridine rings is 1. The van der Waals surface area contributed by atoms with Gasteiger partial charge in [0.2, 0.25) is 5.88 Å². The summed E-state index contributed by atoms with van der Waals surface area (Å²) in [6.07, 6.45) is -6.20. The molecule has 170 valence electrons. The summed E-state index contributed by atoms with van der Waals surface area (Å²) in [5, 5.41) is 2.88. The maximum atomic E-state index is 13.0. The number of rotatable bonds is 7. The Morgan fingerprint density at radius 2 is 1.84 bits per heavy atom. The molecule has 0 saturated heterocycles. The summed E-state index contributed by atoms with van der Waals surface area (Å²) in [5.74, 6) is 0.437. The first-order chi connectivity index (χ1) is 15.0. The van der Waals surface area contributed by atoms with E-state index in [-0.39, 0.29) is 33.3 Å². The SMILES string of the molecule is Cc1nc(NCCc2ccc(Oc3ccc(C(F)(F)F)cn3)c(Cl)c2)c(Cl)c(C(F)F)n1. The molecule has 2 aromatic heterocycles. The molecule has 0 atom stereocenters. The minimum absolute atomic E-state index is 0.0436. The van der Waals surface area contributed by atoms with Gasteiger partial charge < -0.3 is 10.1 Å². The summed E-state index contributed by atoms with van der Waals surface area (Å²) >= 11 is 12.1. The van der Waals surface area contributed by atoms with Crippen LogP contribution in [0, 0.1) is 6.92 Å². The number of hydrogen-bond acceptors (Lipinski definition) is 5. The van der Waals surface area contributed by atoms with Crippen LogP contribution in [0.4, 0.5) is 27.8 Å². The maximum Gasteiger partial charge on any atom is 0.417 e. The lowest BCUT2D eigenvalue weighted by Crippen LogP contribution is -2.10. The van der Waals surface area contributed by atoms with Crippen LogP contribution in [0.1, 0.15) is 29.1 Å². The lowest BCUT2D eigenvalue weighted by molar-refractivity contribution is -0.137. The van der Waals surface area contributed by atoms with Crippen molar-refractivity contribution in [2.24, 2.45) is 0 Å². The number of benzene rings is 1. The largest absolute Gasteiger partial charge is 0.437 e. The normalized spacial score (nSPS) is 11.7. The Hall–Kier alpha value is -2.72. The quantitative estimate of drug-likeness (QED) is 0.364. The Balaban J connectivity index is 1.63. The van der Waals surface area contributed by atoms with Crippen LogP contribution in [-0.2, 0) is 12.6 Å². The van der Waals surface area contributed by atoms with Crippen molar-refractivity contribution in [3.05, 3.63) is 69.2 Å². The molecule has 3 aromatic rings. The van der Waals surface area contributed by atoms with E-state index in [9.17, 15) is 22.0 Å². The molecule has 0 saturated carbocycles. The Morgan fingerprint density at radius 1 is 1.09 bits per heavy atom. The molecule has 0 aliphatic heterocycles. The van der Waals surface area contributed by atoms with E-state index in [4.69, 9.17) is 27.9 Å². The van der Waals surface area contributed by atoms with Gasteiger partial charge in [-0.2, -0.15) is 13.2 Å². The molecular weight excluding hydrogens is 478 g/mol. The first-order valence-electron chi connectivity index (χ1n) is 9.10. The molecule has 1 aromatic carbocycles. The Bertz CT molecular complexity index is 1090. The Morgan fingerprint density at radius 3 is 2.44 bits per heavy atom. The lowest BCUT2D eigenvalue weighted by atomic mass is 10.1. The number of hydrogen-bond donors (Lipinski definition) is 1. The summed E-state index contributed by atoms with van der Waals surface area (Å²) in [7, 11) is 0. The van der Waals surface area contributed by atoms with Gasteiger partial charge in [-0.3, -0.25) is 0 Å². The Labute approximate surface area is 189 Å². The van der Waals surface area contributed by atoms with E-state index in [2.05, 4.69) is 20.3 Å². The number of anilines is 1. The van der Waals surface area contributed by atoms with Crippen LogP contribution in [-0.4, -0.2) is 21.5 Å². The van der Waals surface area contributed by atoms with E-state index < -0.39 is 23.9 Å². The number of aromatic nitrogens is 3. The van der Waals surface area contributed by atoms with Crippen LogP contribution in [0.15, 0.2) is 36.5 Å². The molecule has 0 bridgehead atoms. The molecule has 3 rings (SSSR count). The summed E-state index contributed by atoms with van der Waals surface area (Å²) in [6.45, 7) is 1.80. The van der Waals surface area contributed by atoms with Crippen molar-refractivity contribution in [2.45, 2.75) is 25.9 Å². The molecule has 0 spiro atoms. The minimum Gasteiger partial charge on any atom is -0.437 e. The average Bonchev–Trinajstić information content (AvgIpc) is 2.71. The molecule has 0 fully saturated rings. The van der Waals surface area contributed by atoms with Gasteiger partial charge in [0.1, 0.15) is 28.1 Å². The predicted molar refractivity (Wildman–Crippen MR) is 110 cm³/mol. The van der Waals surface area contributed by atoms with E-state index in [1.165, 1.54) is 6.92 Å². The number of halogens is 7. The van der Waals surface area contributed by atoms with Crippen molar-refractivity contribution in [2.75, 3.05) is 11.9 Å². The standard InChI is InChI=1S/C20H15Cl2F5N4O/c1-10-30-17(18(23)24)16(22)19(31-10)28-7-6-11-2-4-14(13(21)8-11)32-15-5-3-12(9-29-15)20(25,26)27/h2-5,8-9,18H,6-7H2,1H3,(H,28,30,31). The van der Waals surface area contributed by atoms with Gasteiger partial charge in [-0.1, -0.05) is 29.3 Å². The predicted octanol–water partition coefficient (Wildman–Crippen LogP) is 6.89. The molecule has 1 N–H and O–H groups in total. The fourth-order valence-corrected chi connectivity index (χ4v) is 3.15. The molecular formula is C20H15Cl2F5N4O. The van der Waals surface area contributed by atoms with Crippen LogP contribution < -0.4 is 10.1 Å². The zero-order chi connectivity index (χ0) is 23.5. The molecule has 5 nitrogen and oxygen atoms in total. The van der Waals surface area contributed by atoms with Crippen molar-refractivity contribution in [1.82, 2.24) is 15.0 Å². The third-order valence-corrected chi connectivity index (χ3v) is 4.84. The highest BCUT2D eigenvalue weighted by Crippen LogP contribution is 2.33. The average molecular weight is 493 g/mol. The molecule has 0 radical (unpaired) electrons. The molecule has 0 aliphatic rings. The topological polar surface area (TPSA) is 59.9 Å². The first-order valence-corrected chi connectivity index (χ1v) is 9.85. The van der Waals surface area contributed by atoms with Crippen molar-refractivity contribution in [3.8, 4) is 11.6 Å². The molecule has 12 heteroatoms.